The minimum absolute atomic E-state index is 0.273. The number of phenolic OH excluding ortho intramolecular Hbond substituents is 1. The fourth-order valence-corrected chi connectivity index (χ4v) is 1.75. The van der Waals surface area contributed by atoms with Crippen LogP contribution in [0.15, 0.2) is 47.2 Å². The summed E-state index contributed by atoms with van der Waals surface area (Å²) in [6, 6.07) is 8.99. The van der Waals surface area contributed by atoms with E-state index in [9.17, 15) is 0 Å². The van der Waals surface area contributed by atoms with Gasteiger partial charge in [0.05, 0.1) is 0 Å². The summed E-state index contributed by atoms with van der Waals surface area (Å²) in [6.45, 7) is 0.706. The smallest absolute Gasteiger partial charge is 0.115 e. The second-order valence-corrected chi connectivity index (χ2v) is 4.33. The lowest BCUT2D eigenvalue weighted by molar-refractivity contribution is 0.475. The zero-order valence-corrected chi connectivity index (χ0v) is 10.1. The number of aromatic nitrogens is 1. The maximum atomic E-state index is 9.13. The van der Waals surface area contributed by atoms with Crippen LogP contribution in [0.25, 0.3) is 0 Å². The molecule has 1 aromatic heterocycles. The van der Waals surface area contributed by atoms with Gasteiger partial charge in [-0.2, -0.15) is 0 Å². The molecule has 3 nitrogen and oxygen atoms in total. The van der Waals surface area contributed by atoms with Gasteiger partial charge in [0, 0.05) is 29.1 Å². The number of halogens is 1. The van der Waals surface area contributed by atoms with Crippen LogP contribution in [0.4, 0.5) is 5.69 Å². The number of hydrogen-bond acceptors (Lipinski definition) is 3. The van der Waals surface area contributed by atoms with E-state index in [1.54, 1.807) is 18.3 Å². The van der Waals surface area contributed by atoms with Crippen LogP contribution in [-0.4, -0.2) is 10.1 Å². The van der Waals surface area contributed by atoms with Crippen molar-refractivity contribution in [3.05, 3.63) is 52.8 Å². The van der Waals surface area contributed by atoms with E-state index in [0.29, 0.717) is 6.54 Å². The molecule has 0 bridgehead atoms. The lowest BCUT2D eigenvalue weighted by atomic mass is 10.2. The molecule has 0 aliphatic rings. The van der Waals surface area contributed by atoms with Gasteiger partial charge in [0.25, 0.3) is 0 Å². The van der Waals surface area contributed by atoms with Crippen LogP contribution in [0.2, 0.25) is 0 Å². The van der Waals surface area contributed by atoms with Crippen LogP contribution in [0.1, 0.15) is 5.56 Å². The van der Waals surface area contributed by atoms with Gasteiger partial charge in [-0.3, -0.25) is 4.98 Å². The molecule has 16 heavy (non-hydrogen) atoms. The van der Waals surface area contributed by atoms with Gasteiger partial charge in [0.2, 0.25) is 0 Å². The molecular weight excluding hydrogens is 268 g/mol. The number of anilines is 1. The van der Waals surface area contributed by atoms with Crippen LogP contribution < -0.4 is 5.32 Å². The molecule has 0 aliphatic carbocycles. The molecule has 0 saturated carbocycles. The van der Waals surface area contributed by atoms with Crippen LogP contribution in [-0.2, 0) is 6.54 Å². The number of phenols is 1. The summed E-state index contributed by atoms with van der Waals surface area (Å²) in [5.41, 5.74) is 2.07. The van der Waals surface area contributed by atoms with Crippen LogP contribution in [0, 0.1) is 0 Å². The molecule has 0 aliphatic heterocycles. The Balaban J connectivity index is 1.99. The lowest BCUT2D eigenvalue weighted by Crippen LogP contribution is -1.99. The molecule has 2 aromatic rings. The summed E-state index contributed by atoms with van der Waals surface area (Å²) >= 11 is 3.37. The first-order chi connectivity index (χ1) is 7.74. The van der Waals surface area contributed by atoms with Gasteiger partial charge in [-0.1, -0.05) is 0 Å². The molecule has 2 rings (SSSR count). The second kappa shape index (κ2) is 4.99. The molecule has 4 heteroatoms. The molecule has 0 fully saturated rings. The number of nitrogens with one attached hydrogen (secondary N) is 1. The van der Waals surface area contributed by atoms with Gasteiger partial charge in [-0.15, -0.1) is 0 Å². The largest absolute Gasteiger partial charge is 0.508 e. The SMILES string of the molecule is Oc1ccc(NCc2cncc(Br)c2)cc1. The molecule has 0 atom stereocenters. The van der Waals surface area contributed by atoms with Gasteiger partial charge >= 0.3 is 0 Å². The molecule has 1 heterocycles. The third-order valence-electron chi connectivity index (χ3n) is 2.13. The Kier molecular flexibility index (Phi) is 3.41. The number of pyridine rings is 1. The number of benzene rings is 1. The second-order valence-electron chi connectivity index (χ2n) is 3.41. The Morgan fingerprint density at radius 1 is 1.19 bits per heavy atom. The number of hydrogen-bond donors (Lipinski definition) is 2. The maximum Gasteiger partial charge on any atom is 0.115 e. The average Bonchev–Trinajstić information content (AvgIpc) is 2.28. The molecule has 0 amide bonds. The summed E-state index contributed by atoms with van der Waals surface area (Å²) in [6.07, 6.45) is 3.57. The Morgan fingerprint density at radius 2 is 1.94 bits per heavy atom. The summed E-state index contributed by atoms with van der Waals surface area (Å²) < 4.78 is 0.970. The molecule has 2 N–H and O–H groups in total. The highest BCUT2D eigenvalue weighted by atomic mass is 79.9. The van der Waals surface area contributed by atoms with Crippen LogP contribution in [0.3, 0.4) is 0 Å². The number of aromatic hydroxyl groups is 1. The third kappa shape index (κ3) is 2.97. The van der Waals surface area contributed by atoms with Gasteiger partial charge in [0.1, 0.15) is 5.75 Å². The van der Waals surface area contributed by atoms with Crippen LogP contribution >= 0.6 is 15.9 Å². The number of nitrogens with zero attached hydrogens (tertiary/aromatic N) is 1. The monoisotopic (exact) mass is 278 g/mol. The Labute approximate surface area is 102 Å². The van der Waals surface area contributed by atoms with Crippen molar-refractivity contribution in [3.63, 3.8) is 0 Å². The summed E-state index contributed by atoms with van der Waals surface area (Å²) in [4.78, 5) is 4.08. The quantitative estimate of drug-likeness (QED) is 0.848. The normalized spacial score (nSPS) is 10.1. The van der Waals surface area contributed by atoms with Gasteiger partial charge in [-0.05, 0) is 51.8 Å². The van der Waals surface area contributed by atoms with E-state index < -0.39 is 0 Å². The van der Waals surface area contributed by atoms with Crippen molar-refractivity contribution in [2.45, 2.75) is 6.54 Å². The molecule has 1 aromatic carbocycles. The Hall–Kier alpha value is -1.55. The highest BCUT2D eigenvalue weighted by molar-refractivity contribution is 9.10. The van der Waals surface area contributed by atoms with Crippen molar-refractivity contribution in [2.75, 3.05) is 5.32 Å². The summed E-state index contributed by atoms with van der Waals surface area (Å²) in [5.74, 6) is 0.273. The average molecular weight is 279 g/mol. The standard InChI is InChI=1S/C12H11BrN2O/c13-10-5-9(6-14-8-10)7-15-11-1-3-12(16)4-2-11/h1-6,8,15-16H,7H2. The first kappa shape index (κ1) is 11.0. The minimum Gasteiger partial charge on any atom is -0.508 e. The molecule has 0 spiro atoms. The minimum atomic E-state index is 0.273. The van der Waals surface area contributed by atoms with Gasteiger partial charge in [0.15, 0.2) is 0 Å². The topological polar surface area (TPSA) is 45.1 Å². The number of rotatable bonds is 3. The van der Waals surface area contributed by atoms with E-state index in [1.165, 1.54) is 0 Å². The first-order valence-electron chi connectivity index (χ1n) is 4.86. The molecule has 0 radical (unpaired) electrons. The molecule has 0 saturated heterocycles. The van der Waals surface area contributed by atoms with Crippen molar-refractivity contribution in [1.29, 1.82) is 0 Å². The Bertz CT molecular complexity index is 471. The van der Waals surface area contributed by atoms with Crippen molar-refractivity contribution in [3.8, 4) is 5.75 Å². The van der Waals surface area contributed by atoms with E-state index >= 15 is 0 Å². The highest BCUT2D eigenvalue weighted by Gasteiger charge is 1.96. The molecule has 82 valence electrons. The lowest BCUT2D eigenvalue weighted by Gasteiger charge is -2.06. The van der Waals surface area contributed by atoms with Crippen LogP contribution in [0.5, 0.6) is 5.75 Å². The van der Waals surface area contributed by atoms with Crippen molar-refractivity contribution in [2.24, 2.45) is 0 Å². The summed E-state index contributed by atoms with van der Waals surface area (Å²) in [5, 5.41) is 12.4. The van der Waals surface area contributed by atoms with Gasteiger partial charge < -0.3 is 10.4 Å². The van der Waals surface area contributed by atoms with E-state index in [1.807, 2.05) is 24.4 Å². The third-order valence-corrected chi connectivity index (χ3v) is 2.56. The maximum absolute atomic E-state index is 9.13. The van der Waals surface area contributed by atoms with Crippen molar-refractivity contribution in [1.82, 2.24) is 4.98 Å². The van der Waals surface area contributed by atoms with E-state index in [0.717, 1.165) is 15.7 Å². The van der Waals surface area contributed by atoms with E-state index in [4.69, 9.17) is 5.11 Å². The summed E-state index contributed by atoms with van der Waals surface area (Å²) in [7, 11) is 0. The predicted octanol–water partition coefficient (Wildman–Crippen LogP) is 3.16. The van der Waals surface area contributed by atoms with Crippen molar-refractivity contribution >= 4 is 21.6 Å². The predicted molar refractivity (Wildman–Crippen MR) is 67.4 cm³/mol. The highest BCUT2D eigenvalue weighted by Crippen LogP contribution is 2.15. The Morgan fingerprint density at radius 3 is 2.62 bits per heavy atom. The fourth-order valence-electron chi connectivity index (χ4n) is 1.34. The zero-order chi connectivity index (χ0) is 11.4. The van der Waals surface area contributed by atoms with Gasteiger partial charge in [-0.25, -0.2) is 0 Å². The molecule has 0 unspecified atom stereocenters. The van der Waals surface area contributed by atoms with Crippen molar-refractivity contribution < 1.29 is 5.11 Å². The fraction of sp³-hybridized carbons (Fsp3) is 0.0833. The molecular formula is C12H11BrN2O. The van der Waals surface area contributed by atoms with E-state index in [2.05, 4.69) is 26.2 Å². The zero-order valence-electron chi connectivity index (χ0n) is 8.52. The first-order valence-corrected chi connectivity index (χ1v) is 5.66. The van der Waals surface area contributed by atoms with E-state index in [-0.39, 0.29) is 5.75 Å².